The summed E-state index contributed by atoms with van der Waals surface area (Å²) in [4.78, 5) is 18.7. The molecule has 2 heterocycles. The van der Waals surface area contributed by atoms with Gasteiger partial charge in [0.05, 0.1) is 7.11 Å². The highest BCUT2D eigenvalue weighted by Crippen LogP contribution is 2.22. The molecule has 1 aromatic rings. The van der Waals surface area contributed by atoms with Crippen LogP contribution < -0.4 is 4.74 Å². The molecule has 0 unspecified atom stereocenters. The van der Waals surface area contributed by atoms with Gasteiger partial charge in [0.1, 0.15) is 5.56 Å². The molecule has 1 saturated heterocycles. The van der Waals surface area contributed by atoms with E-state index in [9.17, 15) is 4.79 Å². The number of methoxy groups -OCH3 is 1. The smallest absolute Gasteiger partial charge is 0.259 e. The van der Waals surface area contributed by atoms with Crippen LogP contribution >= 0.6 is 15.9 Å². The van der Waals surface area contributed by atoms with Crippen molar-refractivity contribution in [1.82, 2.24) is 9.88 Å². The first-order valence-corrected chi connectivity index (χ1v) is 6.56. The van der Waals surface area contributed by atoms with Gasteiger partial charge >= 0.3 is 0 Å². The zero-order valence-electron chi connectivity index (χ0n) is 9.73. The molecule has 1 fully saturated rings. The number of amides is 1. The normalized spacial score (nSPS) is 16.9. The number of carbonyl (C=O) groups is 1. The van der Waals surface area contributed by atoms with Crippen LogP contribution in [0.25, 0.3) is 0 Å². The van der Waals surface area contributed by atoms with Gasteiger partial charge in [0.25, 0.3) is 5.91 Å². The molecular weight excluding hydrogens is 284 g/mol. The van der Waals surface area contributed by atoms with E-state index in [0.717, 1.165) is 25.9 Å². The van der Waals surface area contributed by atoms with Gasteiger partial charge in [-0.15, -0.1) is 0 Å². The molecule has 0 spiro atoms. The lowest BCUT2D eigenvalue weighted by Gasteiger charge is -2.29. The average Bonchev–Trinajstić information content (AvgIpc) is 2.39. The summed E-state index contributed by atoms with van der Waals surface area (Å²) in [6, 6.07) is 3.52. The predicted octanol–water partition coefficient (Wildman–Crippen LogP) is 2.09. The molecule has 0 N–H and O–H groups in total. The fraction of sp³-hybridized carbons (Fsp3) is 0.500. The quantitative estimate of drug-likeness (QED) is 0.785. The Morgan fingerprint density at radius 1 is 1.53 bits per heavy atom. The number of nitrogens with zero attached hydrogens (tertiary/aromatic N) is 2. The monoisotopic (exact) mass is 298 g/mol. The Morgan fingerprint density at radius 2 is 2.24 bits per heavy atom. The zero-order chi connectivity index (χ0) is 12.3. The second-order valence-electron chi connectivity index (χ2n) is 4.03. The van der Waals surface area contributed by atoms with E-state index in [1.165, 1.54) is 7.11 Å². The summed E-state index contributed by atoms with van der Waals surface area (Å²) in [5, 5.41) is 0. The van der Waals surface area contributed by atoms with Gasteiger partial charge in [0, 0.05) is 24.1 Å². The second kappa shape index (κ2) is 5.49. The van der Waals surface area contributed by atoms with Gasteiger partial charge < -0.3 is 9.64 Å². The van der Waals surface area contributed by atoms with Gasteiger partial charge in [0.15, 0.2) is 0 Å². The van der Waals surface area contributed by atoms with E-state index in [1.807, 2.05) is 4.90 Å². The minimum Gasteiger partial charge on any atom is -0.480 e. The van der Waals surface area contributed by atoms with E-state index in [-0.39, 0.29) is 5.91 Å². The van der Waals surface area contributed by atoms with Crippen LogP contribution in [-0.4, -0.2) is 40.8 Å². The molecule has 1 amide bonds. The number of hydrogen-bond acceptors (Lipinski definition) is 3. The van der Waals surface area contributed by atoms with Crippen LogP contribution in [0.1, 0.15) is 23.2 Å². The molecule has 2 rings (SSSR count). The topological polar surface area (TPSA) is 42.4 Å². The molecule has 17 heavy (non-hydrogen) atoms. The zero-order valence-corrected chi connectivity index (χ0v) is 11.3. The van der Waals surface area contributed by atoms with Crippen molar-refractivity contribution in [1.29, 1.82) is 0 Å². The van der Waals surface area contributed by atoms with E-state index in [1.54, 1.807) is 18.3 Å². The maximum Gasteiger partial charge on any atom is 0.259 e. The van der Waals surface area contributed by atoms with Crippen LogP contribution in [0.2, 0.25) is 0 Å². The summed E-state index contributed by atoms with van der Waals surface area (Å²) < 4.78 is 5.11. The van der Waals surface area contributed by atoms with E-state index >= 15 is 0 Å². The molecular formula is C12H15BrN2O2. The highest BCUT2D eigenvalue weighted by Gasteiger charge is 2.24. The summed E-state index contributed by atoms with van der Waals surface area (Å²) in [5.41, 5.74) is 0.544. The fourth-order valence-corrected chi connectivity index (χ4v) is 2.35. The highest BCUT2D eigenvalue weighted by atomic mass is 79.9. The Balaban J connectivity index is 2.14. The minimum absolute atomic E-state index is 0.00866. The Labute approximate surface area is 109 Å². The second-order valence-corrected chi connectivity index (χ2v) is 5.32. The maximum atomic E-state index is 12.3. The largest absolute Gasteiger partial charge is 0.480 e. The number of likely N-dealkylation sites (tertiary alicyclic amines) is 1. The van der Waals surface area contributed by atoms with Crippen molar-refractivity contribution in [3.63, 3.8) is 0 Å². The van der Waals surface area contributed by atoms with Crippen LogP contribution in [0.4, 0.5) is 0 Å². The van der Waals surface area contributed by atoms with Gasteiger partial charge in [0.2, 0.25) is 5.88 Å². The van der Waals surface area contributed by atoms with E-state index < -0.39 is 0 Å². The molecule has 0 saturated carbocycles. The first-order valence-electron chi connectivity index (χ1n) is 5.64. The van der Waals surface area contributed by atoms with Crippen molar-refractivity contribution in [3.8, 4) is 5.88 Å². The molecule has 1 aliphatic heterocycles. The summed E-state index contributed by atoms with van der Waals surface area (Å²) in [6.07, 6.45) is 3.61. The summed E-state index contributed by atoms with van der Waals surface area (Å²) in [7, 11) is 1.53. The Bertz CT molecular complexity index is 403. The molecule has 5 heteroatoms. The molecule has 4 nitrogen and oxygen atoms in total. The third kappa shape index (κ3) is 2.77. The number of piperidine rings is 1. The number of carbonyl (C=O) groups excluding carboxylic acids is 1. The average molecular weight is 299 g/mol. The molecule has 0 atom stereocenters. The number of halogens is 1. The lowest BCUT2D eigenvalue weighted by atomic mass is 10.1. The number of ether oxygens (including phenoxy) is 1. The number of pyridine rings is 1. The standard InChI is InChI=1S/C12H15BrN2O2/c1-17-11-10(3-2-6-14-11)12(16)15-7-4-9(13)5-8-15/h2-3,6,9H,4-5,7-8H2,1H3. The van der Waals surface area contributed by atoms with Gasteiger partial charge in [-0.25, -0.2) is 4.98 Å². The summed E-state index contributed by atoms with van der Waals surface area (Å²) in [6.45, 7) is 1.57. The Kier molecular flexibility index (Phi) is 3.99. The molecule has 1 aliphatic rings. The number of alkyl halides is 1. The van der Waals surface area contributed by atoms with Gasteiger partial charge in [-0.2, -0.15) is 0 Å². The molecule has 0 radical (unpaired) electrons. The van der Waals surface area contributed by atoms with Gasteiger partial charge in [-0.1, -0.05) is 15.9 Å². The SMILES string of the molecule is COc1ncccc1C(=O)N1CCC(Br)CC1. The fourth-order valence-electron chi connectivity index (χ4n) is 1.94. The number of hydrogen-bond donors (Lipinski definition) is 0. The van der Waals surface area contributed by atoms with Gasteiger partial charge in [-0.05, 0) is 25.0 Å². The van der Waals surface area contributed by atoms with Crippen molar-refractivity contribution < 1.29 is 9.53 Å². The number of aromatic nitrogens is 1. The Hall–Kier alpha value is -1.10. The van der Waals surface area contributed by atoms with Gasteiger partial charge in [-0.3, -0.25) is 4.79 Å². The molecule has 1 aromatic heterocycles. The van der Waals surface area contributed by atoms with E-state index in [4.69, 9.17) is 4.74 Å². The molecule has 0 bridgehead atoms. The van der Waals surface area contributed by atoms with Crippen LogP contribution in [-0.2, 0) is 0 Å². The Morgan fingerprint density at radius 3 is 2.88 bits per heavy atom. The van der Waals surface area contributed by atoms with Crippen molar-refractivity contribution >= 4 is 21.8 Å². The molecule has 0 aromatic carbocycles. The van der Waals surface area contributed by atoms with Crippen molar-refractivity contribution in [2.75, 3.05) is 20.2 Å². The number of rotatable bonds is 2. The van der Waals surface area contributed by atoms with Crippen LogP contribution in [0, 0.1) is 0 Å². The molecule has 0 aliphatic carbocycles. The lowest BCUT2D eigenvalue weighted by Crippen LogP contribution is -2.38. The van der Waals surface area contributed by atoms with Crippen molar-refractivity contribution in [2.45, 2.75) is 17.7 Å². The van der Waals surface area contributed by atoms with Crippen LogP contribution in [0.15, 0.2) is 18.3 Å². The lowest BCUT2D eigenvalue weighted by molar-refractivity contribution is 0.0724. The van der Waals surface area contributed by atoms with Crippen molar-refractivity contribution in [2.24, 2.45) is 0 Å². The highest BCUT2D eigenvalue weighted by molar-refractivity contribution is 9.09. The first kappa shape index (κ1) is 12.4. The first-order chi connectivity index (χ1) is 8.22. The van der Waals surface area contributed by atoms with E-state index in [0.29, 0.717) is 16.3 Å². The maximum absolute atomic E-state index is 12.3. The summed E-state index contributed by atoms with van der Waals surface area (Å²) in [5.74, 6) is 0.410. The third-order valence-corrected chi connectivity index (χ3v) is 3.82. The van der Waals surface area contributed by atoms with Crippen molar-refractivity contribution in [3.05, 3.63) is 23.9 Å². The molecule has 92 valence electrons. The van der Waals surface area contributed by atoms with E-state index in [2.05, 4.69) is 20.9 Å². The van der Waals surface area contributed by atoms with Crippen LogP contribution in [0.5, 0.6) is 5.88 Å². The van der Waals surface area contributed by atoms with Crippen LogP contribution in [0.3, 0.4) is 0 Å². The third-order valence-electron chi connectivity index (χ3n) is 2.91. The minimum atomic E-state index is 0.00866. The summed E-state index contributed by atoms with van der Waals surface area (Å²) >= 11 is 3.57. The predicted molar refractivity (Wildman–Crippen MR) is 68.6 cm³/mol.